The van der Waals surface area contributed by atoms with Crippen molar-refractivity contribution in [1.82, 2.24) is 4.98 Å². The van der Waals surface area contributed by atoms with Gasteiger partial charge in [-0.3, -0.25) is 4.79 Å². The van der Waals surface area contributed by atoms with Gasteiger partial charge in [0.15, 0.2) is 5.78 Å². The highest BCUT2D eigenvalue weighted by Gasteiger charge is 2.04. The lowest BCUT2D eigenvalue weighted by atomic mass is 10.1. The van der Waals surface area contributed by atoms with E-state index in [1.165, 1.54) is 6.92 Å². The standard InChI is InChI=1S/C18H12N2O2/c1-12(21)14-4-8-17-15(10-14)5-9-18(20-17)22-16-6-2-13(11-19)3-7-16/h2-10H,1H3. The molecule has 3 aromatic rings. The van der Waals surface area contributed by atoms with Crippen molar-refractivity contribution in [2.45, 2.75) is 6.92 Å². The molecule has 4 nitrogen and oxygen atoms in total. The van der Waals surface area contributed by atoms with E-state index in [9.17, 15) is 4.79 Å². The number of pyridine rings is 1. The average molecular weight is 288 g/mol. The highest BCUT2D eigenvalue weighted by atomic mass is 16.5. The molecule has 2 aromatic carbocycles. The second-order valence-corrected chi connectivity index (χ2v) is 4.85. The van der Waals surface area contributed by atoms with Gasteiger partial charge in [-0.25, -0.2) is 4.98 Å². The lowest BCUT2D eigenvalue weighted by molar-refractivity contribution is 0.101. The van der Waals surface area contributed by atoms with Gasteiger partial charge in [0.2, 0.25) is 5.88 Å². The Bertz CT molecular complexity index is 893. The van der Waals surface area contributed by atoms with E-state index < -0.39 is 0 Å². The molecular weight excluding hydrogens is 276 g/mol. The third kappa shape index (κ3) is 2.79. The smallest absolute Gasteiger partial charge is 0.219 e. The molecule has 0 N–H and O–H groups in total. The van der Waals surface area contributed by atoms with Crippen LogP contribution in [0.4, 0.5) is 0 Å². The number of hydrogen-bond donors (Lipinski definition) is 0. The number of ether oxygens (including phenoxy) is 1. The van der Waals surface area contributed by atoms with E-state index >= 15 is 0 Å². The van der Waals surface area contributed by atoms with Crippen molar-refractivity contribution >= 4 is 16.7 Å². The van der Waals surface area contributed by atoms with Gasteiger partial charge in [-0.15, -0.1) is 0 Å². The van der Waals surface area contributed by atoms with Crippen LogP contribution in [-0.4, -0.2) is 10.8 Å². The van der Waals surface area contributed by atoms with Crippen molar-refractivity contribution < 1.29 is 9.53 Å². The number of nitrogens with zero attached hydrogens (tertiary/aromatic N) is 2. The Labute approximate surface area is 127 Å². The topological polar surface area (TPSA) is 63.0 Å². The Morgan fingerprint density at radius 2 is 1.86 bits per heavy atom. The zero-order chi connectivity index (χ0) is 15.5. The SMILES string of the molecule is CC(=O)c1ccc2nc(Oc3ccc(C#N)cc3)ccc2c1. The van der Waals surface area contributed by atoms with Crippen LogP contribution in [0.25, 0.3) is 10.9 Å². The monoisotopic (exact) mass is 288 g/mol. The molecule has 1 heterocycles. The molecule has 0 spiro atoms. The maximum absolute atomic E-state index is 11.4. The normalized spacial score (nSPS) is 10.2. The largest absolute Gasteiger partial charge is 0.439 e. The molecule has 0 unspecified atom stereocenters. The van der Waals surface area contributed by atoms with E-state index in [-0.39, 0.29) is 5.78 Å². The fourth-order valence-electron chi connectivity index (χ4n) is 2.10. The van der Waals surface area contributed by atoms with Crippen molar-refractivity contribution in [3.8, 4) is 17.7 Å². The molecule has 0 atom stereocenters. The number of carbonyl (C=O) groups is 1. The maximum atomic E-state index is 11.4. The highest BCUT2D eigenvalue weighted by Crippen LogP contribution is 2.23. The summed E-state index contributed by atoms with van der Waals surface area (Å²) < 4.78 is 5.68. The Kier molecular flexibility index (Phi) is 3.55. The molecule has 3 rings (SSSR count). The molecular formula is C18H12N2O2. The molecule has 106 valence electrons. The van der Waals surface area contributed by atoms with Crippen LogP contribution < -0.4 is 4.74 Å². The van der Waals surface area contributed by atoms with Crippen LogP contribution in [0.2, 0.25) is 0 Å². The minimum atomic E-state index is 0.0276. The summed E-state index contributed by atoms with van der Waals surface area (Å²) in [5, 5.41) is 9.66. The van der Waals surface area contributed by atoms with E-state index in [4.69, 9.17) is 10.00 Å². The van der Waals surface area contributed by atoms with E-state index in [2.05, 4.69) is 11.1 Å². The second-order valence-electron chi connectivity index (χ2n) is 4.85. The number of rotatable bonds is 3. The van der Waals surface area contributed by atoms with Gasteiger partial charge in [0, 0.05) is 17.0 Å². The third-order valence-corrected chi connectivity index (χ3v) is 3.28. The first kappa shape index (κ1) is 13.8. The number of ketones is 1. The summed E-state index contributed by atoms with van der Waals surface area (Å²) in [5.74, 6) is 1.11. The van der Waals surface area contributed by atoms with Gasteiger partial charge >= 0.3 is 0 Å². The van der Waals surface area contributed by atoms with Crippen LogP contribution in [0.1, 0.15) is 22.8 Å². The minimum absolute atomic E-state index is 0.0276. The van der Waals surface area contributed by atoms with Crippen LogP contribution in [-0.2, 0) is 0 Å². The molecule has 0 radical (unpaired) electrons. The van der Waals surface area contributed by atoms with Crippen molar-refractivity contribution in [3.05, 3.63) is 65.7 Å². The number of nitriles is 1. The van der Waals surface area contributed by atoms with Gasteiger partial charge in [-0.2, -0.15) is 5.26 Å². The number of Topliss-reactive ketones (excluding diaryl/α,β-unsaturated/α-hetero) is 1. The van der Waals surface area contributed by atoms with Crippen LogP contribution >= 0.6 is 0 Å². The summed E-state index contributed by atoms with van der Waals surface area (Å²) >= 11 is 0. The van der Waals surface area contributed by atoms with E-state index in [0.717, 1.165) is 10.9 Å². The summed E-state index contributed by atoms with van der Waals surface area (Å²) in [4.78, 5) is 15.8. The molecule has 4 heteroatoms. The zero-order valence-electron chi connectivity index (χ0n) is 11.9. The van der Waals surface area contributed by atoms with Crippen molar-refractivity contribution in [1.29, 1.82) is 5.26 Å². The van der Waals surface area contributed by atoms with Crippen molar-refractivity contribution in [3.63, 3.8) is 0 Å². The van der Waals surface area contributed by atoms with Crippen LogP contribution in [0.5, 0.6) is 11.6 Å². The summed E-state index contributed by atoms with van der Waals surface area (Å²) in [5.41, 5.74) is 2.00. The molecule has 0 amide bonds. The molecule has 0 saturated carbocycles. The van der Waals surface area contributed by atoms with Gasteiger partial charge in [0.25, 0.3) is 0 Å². The number of fused-ring (bicyclic) bond motifs is 1. The highest BCUT2D eigenvalue weighted by molar-refractivity contribution is 5.97. The Balaban J connectivity index is 1.90. The third-order valence-electron chi connectivity index (χ3n) is 3.28. The Hall–Kier alpha value is -3.19. The molecule has 1 aromatic heterocycles. The second kappa shape index (κ2) is 5.66. The first-order valence-corrected chi connectivity index (χ1v) is 6.75. The number of hydrogen-bond acceptors (Lipinski definition) is 4. The molecule has 22 heavy (non-hydrogen) atoms. The summed E-state index contributed by atoms with van der Waals surface area (Å²) in [7, 11) is 0. The minimum Gasteiger partial charge on any atom is -0.439 e. The van der Waals surface area contributed by atoms with E-state index in [1.807, 2.05) is 12.1 Å². The van der Waals surface area contributed by atoms with Crippen LogP contribution in [0.3, 0.4) is 0 Å². The molecule has 0 aliphatic rings. The summed E-state index contributed by atoms with van der Waals surface area (Å²) in [6, 6.07) is 17.9. The maximum Gasteiger partial charge on any atom is 0.219 e. The quantitative estimate of drug-likeness (QED) is 0.681. The van der Waals surface area contributed by atoms with Gasteiger partial charge in [0.05, 0.1) is 17.1 Å². The van der Waals surface area contributed by atoms with E-state index in [0.29, 0.717) is 22.8 Å². The van der Waals surface area contributed by atoms with Gasteiger partial charge < -0.3 is 4.74 Å². The Morgan fingerprint density at radius 1 is 1.09 bits per heavy atom. The molecule has 0 aliphatic carbocycles. The van der Waals surface area contributed by atoms with Crippen LogP contribution in [0, 0.1) is 11.3 Å². The summed E-state index contributed by atoms with van der Waals surface area (Å²) in [6.07, 6.45) is 0. The van der Waals surface area contributed by atoms with Crippen molar-refractivity contribution in [2.75, 3.05) is 0 Å². The number of benzene rings is 2. The molecule has 0 aliphatic heterocycles. The first-order valence-electron chi connectivity index (χ1n) is 6.75. The molecule has 0 bridgehead atoms. The zero-order valence-corrected chi connectivity index (χ0v) is 11.9. The van der Waals surface area contributed by atoms with Crippen LogP contribution in [0.15, 0.2) is 54.6 Å². The number of carbonyl (C=O) groups excluding carboxylic acids is 1. The lowest BCUT2D eigenvalue weighted by Crippen LogP contribution is -1.93. The number of aromatic nitrogens is 1. The fourth-order valence-corrected chi connectivity index (χ4v) is 2.10. The van der Waals surface area contributed by atoms with E-state index in [1.54, 1.807) is 42.5 Å². The summed E-state index contributed by atoms with van der Waals surface area (Å²) in [6.45, 7) is 1.54. The Morgan fingerprint density at radius 3 is 2.55 bits per heavy atom. The molecule has 0 saturated heterocycles. The first-order chi connectivity index (χ1) is 10.7. The fraction of sp³-hybridized carbons (Fsp3) is 0.0556. The van der Waals surface area contributed by atoms with Gasteiger partial charge in [-0.05, 0) is 55.5 Å². The lowest BCUT2D eigenvalue weighted by Gasteiger charge is -2.06. The van der Waals surface area contributed by atoms with Gasteiger partial charge in [0.1, 0.15) is 5.75 Å². The molecule has 0 fully saturated rings. The average Bonchev–Trinajstić information content (AvgIpc) is 2.55. The predicted octanol–water partition coefficient (Wildman–Crippen LogP) is 4.10. The van der Waals surface area contributed by atoms with Crippen molar-refractivity contribution in [2.24, 2.45) is 0 Å². The predicted molar refractivity (Wildman–Crippen MR) is 83.0 cm³/mol. The van der Waals surface area contributed by atoms with Gasteiger partial charge in [-0.1, -0.05) is 0 Å².